The van der Waals surface area contributed by atoms with Crippen LogP contribution in [0.5, 0.6) is 5.75 Å². The third-order valence-corrected chi connectivity index (χ3v) is 16.7. The van der Waals surface area contributed by atoms with Crippen LogP contribution in [0.4, 0.5) is 28.8 Å². The first-order chi connectivity index (χ1) is 36.3. The van der Waals surface area contributed by atoms with Gasteiger partial charge in [-0.1, -0.05) is 94.5 Å². The van der Waals surface area contributed by atoms with Crippen LogP contribution in [0.3, 0.4) is 0 Å². The smallest absolute Gasteiger partial charge is 0.246 e. The Labute approximate surface area is 456 Å². The molecule has 2 fully saturated rings. The number of likely N-dealkylation sites (tertiary alicyclic amines) is 1. The van der Waals surface area contributed by atoms with Crippen LogP contribution >= 0.6 is 30.1 Å². The highest BCUT2D eigenvalue weighted by Gasteiger charge is 2.44. The van der Waals surface area contributed by atoms with E-state index < -0.39 is 30.7 Å². The molecule has 4 heterocycles. The number of unbranched alkanes of at least 4 members (excludes halogenated alkanes) is 5. The SMILES string of the molecule is COc1cc(N2CCC(NC(=O)CCCCCCCCC(=O)NC(C(=O)N3CC(O)CC3C(=O)NCc3ccc(-c4scnc4C)cc3)C(C)(C)C)CC2)ccc1Nc1ncc(Cl)c(Nc2ccccc2P(C)(C)=O)n1. The number of anilines is 5. The monoisotopic (exact) mass is 1100 g/mol. The maximum Gasteiger partial charge on any atom is 0.246 e. The number of ether oxygens (including phenoxy) is 1. The summed E-state index contributed by atoms with van der Waals surface area (Å²) in [7, 11) is -0.960. The highest BCUT2D eigenvalue weighted by atomic mass is 35.5. The zero-order chi connectivity index (χ0) is 54.6. The van der Waals surface area contributed by atoms with Crippen molar-refractivity contribution in [1.29, 1.82) is 0 Å². The van der Waals surface area contributed by atoms with Gasteiger partial charge in [-0.15, -0.1) is 11.3 Å². The first-order valence-corrected chi connectivity index (χ1v) is 30.1. The molecule has 6 N–H and O–H groups in total. The van der Waals surface area contributed by atoms with Crippen LogP contribution in [0.25, 0.3) is 10.4 Å². The molecule has 0 saturated carbocycles. The van der Waals surface area contributed by atoms with E-state index >= 15 is 0 Å². The van der Waals surface area contributed by atoms with Crippen molar-refractivity contribution in [3.8, 4) is 16.2 Å². The molecule has 7 rings (SSSR count). The fraction of sp³-hybridized carbons (Fsp3) is 0.482. The quantitative estimate of drug-likeness (QED) is 0.0266. The van der Waals surface area contributed by atoms with Gasteiger partial charge in [0.25, 0.3) is 0 Å². The lowest BCUT2D eigenvalue weighted by molar-refractivity contribution is -0.144. The summed E-state index contributed by atoms with van der Waals surface area (Å²) in [5.74, 6) is 0.418. The number of hydrogen-bond donors (Lipinski definition) is 6. The molecule has 0 radical (unpaired) electrons. The third kappa shape index (κ3) is 15.8. The molecule has 2 aliphatic heterocycles. The van der Waals surface area contributed by atoms with Crippen LogP contribution in [-0.2, 0) is 30.3 Å². The van der Waals surface area contributed by atoms with Gasteiger partial charge < -0.3 is 50.8 Å². The molecular formula is C56H74ClN10O7PS. The highest BCUT2D eigenvalue weighted by Crippen LogP contribution is 2.39. The molecule has 17 nitrogen and oxygen atoms in total. The summed E-state index contributed by atoms with van der Waals surface area (Å²) in [6.45, 7) is 12.9. The maximum atomic E-state index is 14.1. The van der Waals surface area contributed by atoms with Gasteiger partial charge in [0, 0.05) is 68.5 Å². The number of carbonyl (C=O) groups is 4. The number of piperidine rings is 1. The van der Waals surface area contributed by atoms with E-state index in [1.54, 1.807) is 31.8 Å². The molecule has 5 aromatic rings. The van der Waals surface area contributed by atoms with Gasteiger partial charge in [0.05, 0.1) is 46.9 Å². The lowest BCUT2D eigenvalue weighted by Gasteiger charge is -2.35. The number of aryl methyl sites for hydroxylation is 1. The maximum absolute atomic E-state index is 14.1. The number of nitrogens with zero attached hydrogens (tertiary/aromatic N) is 5. The van der Waals surface area contributed by atoms with Crippen LogP contribution in [0.2, 0.25) is 5.02 Å². The van der Waals surface area contributed by atoms with Gasteiger partial charge in [-0.3, -0.25) is 19.2 Å². The van der Waals surface area contributed by atoms with Gasteiger partial charge in [-0.05, 0) is 86.7 Å². The van der Waals surface area contributed by atoms with Crippen molar-refractivity contribution in [3.63, 3.8) is 0 Å². The predicted molar refractivity (Wildman–Crippen MR) is 304 cm³/mol. The Kier molecular flexibility index (Phi) is 20.0. The van der Waals surface area contributed by atoms with Crippen molar-refractivity contribution in [2.75, 3.05) is 55.6 Å². The zero-order valence-electron chi connectivity index (χ0n) is 44.8. The van der Waals surface area contributed by atoms with Gasteiger partial charge in [-0.2, -0.15) is 4.98 Å². The number of aliphatic hydroxyl groups is 1. The summed E-state index contributed by atoms with van der Waals surface area (Å²) in [5.41, 5.74) is 6.46. The number of methoxy groups -OCH3 is 1. The van der Waals surface area contributed by atoms with Gasteiger partial charge in [0.15, 0.2) is 5.82 Å². The number of para-hydroxylation sites is 1. The molecule has 0 spiro atoms. The number of hydrogen-bond acceptors (Lipinski definition) is 14. The van der Waals surface area contributed by atoms with Gasteiger partial charge in [0.2, 0.25) is 29.6 Å². The van der Waals surface area contributed by atoms with Gasteiger partial charge in [0.1, 0.15) is 30.0 Å². The van der Waals surface area contributed by atoms with E-state index in [0.717, 1.165) is 85.4 Å². The second kappa shape index (κ2) is 26.3. The van der Waals surface area contributed by atoms with Crippen LogP contribution in [-0.4, -0.2) is 113 Å². The molecular weight excluding hydrogens is 1020 g/mol. The number of carbonyl (C=O) groups excluding carboxylic acids is 4. The fourth-order valence-corrected chi connectivity index (χ4v) is 11.8. The number of halogens is 1. The van der Waals surface area contributed by atoms with Crippen LogP contribution in [0, 0.1) is 12.3 Å². The van der Waals surface area contributed by atoms with Crippen molar-refractivity contribution >= 4 is 87.8 Å². The second-order valence-electron chi connectivity index (χ2n) is 21.3. The number of benzene rings is 3. The molecule has 3 aromatic carbocycles. The summed E-state index contributed by atoms with van der Waals surface area (Å²) < 4.78 is 18.7. The third-order valence-electron chi connectivity index (χ3n) is 13.9. The Hall–Kier alpha value is -6.07. The summed E-state index contributed by atoms with van der Waals surface area (Å²) in [6.07, 6.45) is 8.27. The van der Waals surface area contributed by atoms with Crippen LogP contribution in [0.1, 0.15) is 103 Å². The first-order valence-electron chi connectivity index (χ1n) is 26.3. The Morgan fingerprint density at radius 2 is 1.58 bits per heavy atom. The molecule has 2 aliphatic rings. The van der Waals surface area contributed by atoms with E-state index in [9.17, 15) is 28.8 Å². The van der Waals surface area contributed by atoms with E-state index in [1.165, 1.54) is 11.1 Å². The summed E-state index contributed by atoms with van der Waals surface area (Å²) in [4.78, 5) is 71.8. The molecule has 408 valence electrons. The van der Waals surface area contributed by atoms with E-state index in [1.807, 2.05) is 99.9 Å². The van der Waals surface area contributed by atoms with E-state index in [4.69, 9.17) is 16.3 Å². The van der Waals surface area contributed by atoms with Crippen molar-refractivity contribution in [2.24, 2.45) is 5.41 Å². The number of amides is 4. The average Bonchev–Trinajstić information content (AvgIpc) is 4.02. The molecule has 76 heavy (non-hydrogen) atoms. The standard InChI is InChI=1S/C56H74ClN10O7PS/c1-36-50(76-35-60-36)38-22-20-37(21-23-38)32-58-53(71)45-31-41(68)34-67(45)54(72)51(56(2,3)4)64-49(70)19-13-11-9-8-10-12-18-48(69)61-39-26-28-66(29-27-39)40-24-25-43(46(30-40)74-5)63-55-59-33-42(57)52(65-55)62-44-16-14-15-17-47(44)75(6,7)73/h14-17,20-25,30,33,35,39,41,45,51,68H,8-13,18-19,26-29,31-32,34H2,1-7H3,(H,58,71)(H,61,69)(H,64,70)(H2,59,62,63,65). The lowest BCUT2D eigenvalue weighted by atomic mass is 9.85. The van der Waals surface area contributed by atoms with Gasteiger partial charge in [-0.25, -0.2) is 9.97 Å². The molecule has 20 heteroatoms. The number of aliphatic hydroxyl groups excluding tert-OH is 1. The van der Waals surface area contributed by atoms with Gasteiger partial charge >= 0.3 is 0 Å². The Balaban J connectivity index is 0.772. The highest BCUT2D eigenvalue weighted by molar-refractivity contribution is 7.70. The molecule has 2 aromatic heterocycles. The van der Waals surface area contributed by atoms with Crippen LogP contribution < -0.4 is 41.5 Å². The lowest BCUT2D eigenvalue weighted by Crippen LogP contribution is -2.57. The van der Waals surface area contributed by atoms with E-state index in [-0.39, 0.29) is 55.6 Å². The second-order valence-corrected chi connectivity index (χ2v) is 25.7. The summed E-state index contributed by atoms with van der Waals surface area (Å²) in [6, 6.07) is 19.6. The number of rotatable bonds is 23. The molecule has 4 amide bonds. The van der Waals surface area contributed by atoms with Crippen molar-refractivity contribution in [3.05, 3.63) is 94.7 Å². The van der Waals surface area contributed by atoms with Crippen molar-refractivity contribution < 1.29 is 33.6 Å². The number of nitrogens with one attached hydrogen (secondary N) is 5. The largest absolute Gasteiger partial charge is 0.494 e. The minimum atomic E-state index is -2.57. The minimum Gasteiger partial charge on any atom is -0.494 e. The topological polar surface area (TPSA) is 220 Å². The van der Waals surface area contributed by atoms with E-state index in [2.05, 4.69) is 46.4 Å². The summed E-state index contributed by atoms with van der Waals surface area (Å²) in [5, 5.41) is 27.3. The molecule has 0 bridgehead atoms. The fourth-order valence-electron chi connectivity index (χ4n) is 9.67. The van der Waals surface area contributed by atoms with E-state index in [0.29, 0.717) is 52.1 Å². The number of aromatic nitrogens is 3. The van der Waals surface area contributed by atoms with Crippen molar-refractivity contribution in [2.45, 2.75) is 129 Å². The number of β-amino-alcohol motifs (C(OH)–C–C–N with tert-alkyl or cyclic N) is 1. The normalized spacial score (nSPS) is 16.5. The molecule has 3 unspecified atom stereocenters. The minimum absolute atomic E-state index is 0.0179. The predicted octanol–water partition coefficient (Wildman–Crippen LogP) is 9.32. The summed E-state index contributed by atoms with van der Waals surface area (Å²) >= 11 is 8.06. The molecule has 0 aliphatic carbocycles. The molecule has 2 saturated heterocycles. The first kappa shape index (κ1) is 57.6. The zero-order valence-corrected chi connectivity index (χ0v) is 47.3. The Morgan fingerprint density at radius 1 is 0.895 bits per heavy atom. The van der Waals surface area contributed by atoms with Crippen LogP contribution in [0.15, 0.2) is 78.4 Å². The molecule has 3 atom stereocenters. The average molecular weight is 1100 g/mol. The Bertz CT molecular complexity index is 2850. The van der Waals surface area contributed by atoms with Crippen molar-refractivity contribution in [1.82, 2.24) is 35.8 Å². The number of thiazole rings is 1. The Morgan fingerprint density at radius 3 is 2.24 bits per heavy atom.